The molecule has 0 fully saturated rings. The molecule has 2 nitrogen and oxygen atoms in total. The summed E-state index contributed by atoms with van der Waals surface area (Å²) in [6, 6.07) is 3.74. The van der Waals surface area contributed by atoms with E-state index in [1.807, 2.05) is 12.1 Å². The van der Waals surface area contributed by atoms with E-state index in [0.29, 0.717) is 6.61 Å². The highest BCUT2D eigenvalue weighted by Crippen LogP contribution is 2.05. The Kier molecular flexibility index (Phi) is 6.56. The first-order valence-corrected chi connectivity index (χ1v) is 4.14. The zero-order valence-corrected chi connectivity index (χ0v) is 9.16. The van der Waals surface area contributed by atoms with Gasteiger partial charge in [0.2, 0.25) is 0 Å². The maximum atomic E-state index is 5.25. The number of ether oxygens (including phenoxy) is 1. The van der Waals surface area contributed by atoms with Gasteiger partial charge in [-0.3, -0.25) is 4.98 Å². The number of nitrogens with zero attached hydrogens (tertiary/aromatic N) is 1. The van der Waals surface area contributed by atoms with Crippen LogP contribution in [0.1, 0.15) is 0 Å². The van der Waals surface area contributed by atoms with Crippen molar-refractivity contribution in [1.29, 1.82) is 0 Å². The van der Waals surface area contributed by atoms with Gasteiger partial charge in [-0.25, -0.2) is 0 Å². The molecule has 1 rings (SSSR count). The minimum absolute atomic E-state index is 0. The zero-order valence-electron chi connectivity index (χ0n) is 5.87. The van der Waals surface area contributed by atoms with Crippen LogP contribution in [0.5, 0.6) is 5.75 Å². The Morgan fingerprint density at radius 3 is 2.91 bits per heavy atom. The number of alkyl halides is 1. The van der Waals surface area contributed by atoms with E-state index in [1.165, 1.54) is 0 Å². The monoisotopic (exact) mass is 281 g/mol. The second kappa shape index (κ2) is 6.61. The topological polar surface area (TPSA) is 22.1 Å². The van der Waals surface area contributed by atoms with E-state index in [4.69, 9.17) is 4.74 Å². The average Bonchev–Trinajstić information content (AvgIpc) is 2.03. The number of pyridine rings is 1. The van der Waals surface area contributed by atoms with Crippen LogP contribution in [0.4, 0.5) is 0 Å². The fourth-order valence-corrected chi connectivity index (χ4v) is 0.751. The van der Waals surface area contributed by atoms with E-state index in [9.17, 15) is 0 Å². The van der Waals surface area contributed by atoms with Crippen molar-refractivity contribution in [2.75, 3.05) is 11.9 Å². The molecule has 0 amide bonds. The van der Waals surface area contributed by atoms with Crippen molar-refractivity contribution in [2.24, 2.45) is 0 Å². The van der Waals surface area contributed by atoms with Crippen LogP contribution < -0.4 is 4.74 Å². The molecule has 1 aromatic heterocycles. The minimum Gasteiger partial charge on any atom is -0.491 e. The van der Waals surface area contributed by atoms with Gasteiger partial charge in [0.15, 0.2) is 0 Å². The van der Waals surface area contributed by atoms with Crippen molar-refractivity contribution in [1.82, 2.24) is 4.98 Å². The summed E-state index contributed by atoms with van der Waals surface area (Å²) in [5, 5.41) is 0.849. The van der Waals surface area contributed by atoms with Gasteiger partial charge >= 0.3 is 0 Å². The van der Waals surface area contributed by atoms with Crippen LogP contribution in [0.25, 0.3) is 0 Å². The summed E-state index contributed by atoms with van der Waals surface area (Å²) < 4.78 is 5.25. The maximum Gasteiger partial charge on any atom is 0.137 e. The van der Waals surface area contributed by atoms with Crippen molar-refractivity contribution < 1.29 is 4.74 Å². The lowest BCUT2D eigenvalue weighted by atomic mass is 10.5. The summed E-state index contributed by atoms with van der Waals surface area (Å²) in [6.07, 6.45) is 3.42. The highest BCUT2D eigenvalue weighted by atomic mass is 79.9. The van der Waals surface area contributed by atoms with Crippen LogP contribution in [0.15, 0.2) is 24.5 Å². The molecule has 0 aliphatic heterocycles. The summed E-state index contributed by atoms with van der Waals surface area (Å²) >= 11 is 3.26. The van der Waals surface area contributed by atoms with E-state index in [-0.39, 0.29) is 17.0 Å². The van der Waals surface area contributed by atoms with Crippen LogP contribution in [0.3, 0.4) is 0 Å². The van der Waals surface area contributed by atoms with Crippen molar-refractivity contribution in [3.05, 3.63) is 24.5 Å². The fraction of sp³-hybridized carbons (Fsp3) is 0.286. The lowest BCUT2D eigenvalue weighted by Crippen LogP contribution is -1.97. The molecule has 1 heterocycles. The van der Waals surface area contributed by atoms with Crippen LogP contribution in [-0.4, -0.2) is 16.9 Å². The Hall–Kier alpha value is -0.0900. The van der Waals surface area contributed by atoms with Gasteiger partial charge in [-0.15, -0.1) is 17.0 Å². The quantitative estimate of drug-likeness (QED) is 0.795. The van der Waals surface area contributed by atoms with Gasteiger partial charge in [0, 0.05) is 11.5 Å². The first-order valence-electron chi connectivity index (χ1n) is 3.02. The third-order valence-corrected chi connectivity index (χ3v) is 1.30. The van der Waals surface area contributed by atoms with E-state index >= 15 is 0 Å². The van der Waals surface area contributed by atoms with E-state index in [0.717, 1.165) is 11.1 Å². The Morgan fingerprint density at radius 1 is 1.55 bits per heavy atom. The molecule has 0 N–H and O–H groups in total. The van der Waals surface area contributed by atoms with Gasteiger partial charge in [-0.2, -0.15) is 0 Å². The van der Waals surface area contributed by atoms with Gasteiger partial charge in [0.05, 0.1) is 12.8 Å². The first-order chi connectivity index (χ1) is 4.93. The molecule has 0 saturated heterocycles. The molecule has 11 heavy (non-hydrogen) atoms. The molecule has 0 radical (unpaired) electrons. The van der Waals surface area contributed by atoms with E-state index in [2.05, 4.69) is 20.9 Å². The molecule has 0 spiro atoms. The summed E-state index contributed by atoms with van der Waals surface area (Å²) in [5.41, 5.74) is 0. The summed E-state index contributed by atoms with van der Waals surface area (Å²) in [6.45, 7) is 0.686. The third kappa shape index (κ3) is 4.37. The van der Waals surface area contributed by atoms with Crippen LogP contribution in [0.2, 0.25) is 0 Å². The fourth-order valence-electron chi connectivity index (χ4n) is 0.589. The van der Waals surface area contributed by atoms with Crippen LogP contribution >= 0.6 is 32.9 Å². The summed E-state index contributed by atoms with van der Waals surface area (Å²) in [4.78, 5) is 3.90. The first kappa shape index (κ1) is 10.9. The normalized spacial score (nSPS) is 8.45. The van der Waals surface area contributed by atoms with Gasteiger partial charge in [0.1, 0.15) is 5.75 Å². The number of halogens is 2. The molecule has 0 aliphatic rings. The predicted octanol–water partition coefficient (Wildman–Crippen LogP) is 2.43. The lowest BCUT2D eigenvalue weighted by molar-refractivity contribution is 0.343. The molecule has 4 heteroatoms. The average molecular weight is 283 g/mol. The molecule has 0 saturated carbocycles. The number of hydrogen-bond acceptors (Lipinski definition) is 2. The molecule has 0 atom stereocenters. The second-order valence-electron chi connectivity index (χ2n) is 1.73. The predicted molar refractivity (Wildman–Crippen MR) is 53.8 cm³/mol. The standard InChI is InChI=1S/C7H8BrNO.BrH/c8-3-5-10-7-2-1-4-9-6-7;/h1-2,4,6H,3,5H2;1H. The highest BCUT2D eigenvalue weighted by molar-refractivity contribution is 9.09. The molecule has 0 unspecified atom stereocenters. The molecule has 0 aliphatic carbocycles. The highest BCUT2D eigenvalue weighted by Gasteiger charge is 1.88. The molecular weight excluding hydrogens is 274 g/mol. The van der Waals surface area contributed by atoms with Gasteiger partial charge in [-0.05, 0) is 12.1 Å². The van der Waals surface area contributed by atoms with Gasteiger partial charge in [0.25, 0.3) is 0 Å². The second-order valence-corrected chi connectivity index (χ2v) is 2.52. The SMILES string of the molecule is Br.BrCCOc1cccnc1. The van der Waals surface area contributed by atoms with Crippen LogP contribution in [-0.2, 0) is 0 Å². The van der Waals surface area contributed by atoms with Crippen molar-refractivity contribution in [3.63, 3.8) is 0 Å². The number of aromatic nitrogens is 1. The Bertz CT molecular complexity index is 181. The van der Waals surface area contributed by atoms with Gasteiger partial charge in [-0.1, -0.05) is 15.9 Å². The molecule has 0 aromatic carbocycles. The van der Waals surface area contributed by atoms with E-state index < -0.39 is 0 Å². The Balaban J connectivity index is 0.000001000. The molecule has 0 bridgehead atoms. The number of hydrogen-bond donors (Lipinski definition) is 0. The third-order valence-electron chi connectivity index (χ3n) is 0.980. The zero-order chi connectivity index (χ0) is 7.23. The summed E-state index contributed by atoms with van der Waals surface area (Å²) in [7, 11) is 0. The minimum atomic E-state index is 0. The smallest absolute Gasteiger partial charge is 0.137 e. The summed E-state index contributed by atoms with van der Waals surface area (Å²) in [5.74, 6) is 0.821. The van der Waals surface area contributed by atoms with Crippen LogP contribution in [0, 0.1) is 0 Å². The lowest BCUT2D eigenvalue weighted by Gasteiger charge is -2.00. The van der Waals surface area contributed by atoms with Crippen molar-refractivity contribution in [3.8, 4) is 5.75 Å². The number of rotatable bonds is 3. The van der Waals surface area contributed by atoms with Gasteiger partial charge < -0.3 is 4.74 Å². The molecule has 62 valence electrons. The molecule has 1 aromatic rings. The Morgan fingerprint density at radius 2 is 2.36 bits per heavy atom. The Labute approximate surface area is 84.9 Å². The van der Waals surface area contributed by atoms with Crippen molar-refractivity contribution >= 4 is 32.9 Å². The largest absolute Gasteiger partial charge is 0.491 e. The van der Waals surface area contributed by atoms with E-state index in [1.54, 1.807) is 12.4 Å². The van der Waals surface area contributed by atoms with Crippen molar-refractivity contribution in [2.45, 2.75) is 0 Å². The molecular formula is C7H9Br2NO. The maximum absolute atomic E-state index is 5.25.